The zero-order valence-electron chi connectivity index (χ0n) is 15.2. The van der Waals surface area contributed by atoms with Gasteiger partial charge in [0, 0.05) is 5.56 Å². The minimum atomic E-state index is -0.391. The number of carbonyl (C=O) groups excluding carboxylic acids is 1. The average molecular weight is 379 g/mol. The van der Waals surface area contributed by atoms with Crippen LogP contribution >= 0.6 is 0 Å². The number of nitrogens with one attached hydrogen (secondary N) is 2. The van der Waals surface area contributed by atoms with Gasteiger partial charge in [-0.25, -0.2) is 0 Å². The molecule has 1 aliphatic heterocycles. The quantitative estimate of drug-likeness (QED) is 0.610. The zero-order chi connectivity index (χ0) is 19.3. The number of hydrogen-bond donors (Lipinski definition) is 3. The molecule has 0 fully saturated rings. The van der Waals surface area contributed by atoms with E-state index in [1.807, 2.05) is 48.5 Å². The first-order valence-corrected chi connectivity index (χ1v) is 9.13. The van der Waals surface area contributed by atoms with Crippen LogP contribution in [-0.2, 0) is 6.42 Å². The van der Waals surface area contributed by atoms with Gasteiger partial charge in [-0.1, -0.05) is 30.3 Å². The Kier molecular flexibility index (Phi) is 5.25. The SMILES string of the molecule is O=C(NC(CO)Cc1ccccc1)c1cn[nH]c1-c1ccc2c(c1)OCCO2. The molecule has 0 spiro atoms. The van der Waals surface area contributed by atoms with Crippen LogP contribution < -0.4 is 14.8 Å². The van der Waals surface area contributed by atoms with E-state index in [1.54, 1.807) is 0 Å². The lowest BCUT2D eigenvalue weighted by atomic mass is 10.0. The predicted molar refractivity (Wildman–Crippen MR) is 103 cm³/mol. The fourth-order valence-corrected chi connectivity index (χ4v) is 3.20. The molecule has 0 bridgehead atoms. The summed E-state index contributed by atoms with van der Waals surface area (Å²) in [5, 5.41) is 19.5. The lowest BCUT2D eigenvalue weighted by Gasteiger charge is -2.19. The Bertz CT molecular complexity index is 955. The van der Waals surface area contributed by atoms with Gasteiger partial charge in [-0.15, -0.1) is 0 Å². The van der Waals surface area contributed by atoms with Crippen LogP contribution in [0.15, 0.2) is 54.7 Å². The van der Waals surface area contributed by atoms with E-state index < -0.39 is 6.04 Å². The summed E-state index contributed by atoms with van der Waals surface area (Å²) in [6, 6.07) is 14.8. The number of aliphatic hydroxyl groups is 1. The molecule has 0 radical (unpaired) electrons. The van der Waals surface area contributed by atoms with Crippen LogP contribution in [0.2, 0.25) is 0 Å². The van der Waals surface area contributed by atoms with Crippen LogP contribution in [-0.4, -0.2) is 47.1 Å². The molecule has 4 rings (SSSR count). The Morgan fingerprint density at radius 1 is 1.14 bits per heavy atom. The molecular weight excluding hydrogens is 358 g/mol. The van der Waals surface area contributed by atoms with Crippen molar-refractivity contribution >= 4 is 5.91 Å². The van der Waals surface area contributed by atoms with Crippen molar-refractivity contribution in [2.45, 2.75) is 12.5 Å². The van der Waals surface area contributed by atoms with E-state index >= 15 is 0 Å². The summed E-state index contributed by atoms with van der Waals surface area (Å²) in [5.74, 6) is 1.03. The summed E-state index contributed by atoms with van der Waals surface area (Å²) in [6.07, 6.45) is 2.03. The molecule has 7 heteroatoms. The van der Waals surface area contributed by atoms with Gasteiger partial charge < -0.3 is 19.9 Å². The molecule has 1 unspecified atom stereocenters. The molecule has 1 atom stereocenters. The molecule has 0 saturated heterocycles. The van der Waals surface area contributed by atoms with Crippen molar-refractivity contribution in [3.63, 3.8) is 0 Å². The molecule has 28 heavy (non-hydrogen) atoms. The average Bonchev–Trinajstić information content (AvgIpc) is 3.23. The summed E-state index contributed by atoms with van der Waals surface area (Å²) < 4.78 is 11.2. The summed E-state index contributed by atoms with van der Waals surface area (Å²) >= 11 is 0. The first-order valence-electron chi connectivity index (χ1n) is 9.13. The molecule has 144 valence electrons. The smallest absolute Gasteiger partial charge is 0.255 e. The second kappa shape index (κ2) is 8.14. The van der Waals surface area contributed by atoms with Crippen molar-refractivity contribution < 1.29 is 19.4 Å². The number of nitrogens with zero attached hydrogens (tertiary/aromatic N) is 1. The van der Waals surface area contributed by atoms with Gasteiger partial charge >= 0.3 is 0 Å². The molecular formula is C21H21N3O4. The lowest BCUT2D eigenvalue weighted by molar-refractivity contribution is 0.0917. The third kappa shape index (κ3) is 3.84. The Morgan fingerprint density at radius 3 is 2.71 bits per heavy atom. The van der Waals surface area contributed by atoms with Gasteiger partial charge in [0.15, 0.2) is 11.5 Å². The molecule has 0 saturated carbocycles. The van der Waals surface area contributed by atoms with Crippen molar-refractivity contribution in [3.8, 4) is 22.8 Å². The van der Waals surface area contributed by atoms with Crippen LogP contribution in [0.5, 0.6) is 11.5 Å². The van der Waals surface area contributed by atoms with Crippen LogP contribution in [0.1, 0.15) is 15.9 Å². The molecule has 3 N–H and O–H groups in total. The van der Waals surface area contributed by atoms with E-state index in [2.05, 4.69) is 15.5 Å². The molecule has 2 heterocycles. The fraction of sp³-hybridized carbons (Fsp3) is 0.238. The maximum absolute atomic E-state index is 12.8. The van der Waals surface area contributed by atoms with Crippen molar-refractivity contribution in [2.75, 3.05) is 19.8 Å². The van der Waals surface area contributed by atoms with Gasteiger partial charge in [0.1, 0.15) is 13.2 Å². The largest absolute Gasteiger partial charge is 0.486 e. The van der Waals surface area contributed by atoms with E-state index in [1.165, 1.54) is 6.20 Å². The minimum Gasteiger partial charge on any atom is -0.486 e. The van der Waals surface area contributed by atoms with Gasteiger partial charge in [-0.2, -0.15) is 5.10 Å². The number of fused-ring (bicyclic) bond motifs is 1. The molecule has 1 aromatic heterocycles. The van der Waals surface area contributed by atoms with Gasteiger partial charge in [0.05, 0.1) is 30.1 Å². The first-order chi connectivity index (χ1) is 13.7. The highest BCUT2D eigenvalue weighted by molar-refractivity contribution is 6.00. The van der Waals surface area contributed by atoms with Crippen LogP contribution in [0.3, 0.4) is 0 Å². The first kappa shape index (κ1) is 18.1. The monoisotopic (exact) mass is 379 g/mol. The van der Waals surface area contributed by atoms with Crippen LogP contribution in [0, 0.1) is 0 Å². The highest BCUT2D eigenvalue weighted by atomic mass is 16.6. The van der Waals surface area contributed by atoms with Gasteiger partial charge in [0.25, 0.3) is 5.91 Å². The van der Waals surface area contributed by atoms with Crippen LogP contribution in [0.4, 0.5) is 0 Å². The maximum atomic E-state index is 12.8. The van der Waals surface area contributed by atoms with Gasteiger partial charge in [0.2, 0.25) is 0 Å². The van der Waals surface area contributed by atoms with Crippen molar-refractivity contribution in [2.24, 2.45) is 0 Å². The zero-order valence-corrected chi connectivity index (χ0v) is 15.2. The Hall–Kier alpha value is -3.32. The summed E-state index contributed by atoms with van der Waals surface area (Å²) in [6.45, 7) is 0.857. The van der Waals surface area contributed by atoms with E-state index in [0.29, 0.717) is 42.4 Å². The van der Waals surface area contributed by atoms with Crippen LogP contribution in [0.25, 0.3) is 11.3 Å². The number of amides is 1. The number of ether oxygens (including phenoxy) is 2. The number of aliphatic hydroxyl groups excluding tert-OH is 1. The van der Waals surface area contributed by atoms with Gasteiger partial charge in [-0.3, -0.25) is 9.89 Å². The Morgan fingerprint density at radius 2 is 1.93 bits per heavy atom. The summed E-state index contributed by atoms with van der Waals surface area (Å²) in [4.78, 5) is 12.8. The van der Waals surface area contributed by atoms with E-state index in [-0.39, 0.29) is 12.5 Å². The van der Waals surface area contributed by atoms with Gasteiger partial charge in [-0.05, 0) is 30.2 Å². The number of hydrogen-bond acceptors (Lipinski definition) is 5. The van der Waals surface area contributed by atoms with E-state index in [4.69, 9.17) is 9.47 Å². The minimum absolute atomic E-state index is 0.155. The number of benzene rings is 2. The summed E-state index contributed by atoms with van der Waals surface area (Å²) in [7, 11) is 0. The molecule has 7 nitrogen and oxygen atoms in total. The van der Waals surface area contributed by atoms with Crippen molar-refractivity contribution in [1.82, 2.24) is 15.5 Å². The number of carbonyl (C=O) groups is 1. The predicted octanol–water partition coefficient (Wildman–Crippen LogP) is 2.18. The molecule has 0 aliphatic carbocycles. The number of aromatic nitrogens is 2. The number of H-pyrrole nitrogens is 1. The third-order valence-electron chi connectivity index (χ3n) is 4.60. The normalized spacial score (nSPS) is 13.8. The van der Waals surface area contributed by atoms with E-state index in [0.717, 1.165) is 11.1 Å². The second-order valence-corrected chi connectivity index (χ2v) is 6.56. The fourth-order valence-electron chi connectivity index (χ4n) is 3.20. The molecule has 3 aromatic rings. The Labute approximate surface area is 162 Å². The molecule has 1 amide bonds. The lowest BCUT2D eigenvalue weighted by Crippen LogP contribution is -2.39. The molecule has 2 aromatic carbocycles. The Balaban J connectivity index is 1.52. The summed E-state index contributed by atoms with van der Waals surface area (Å²) in [5.41, 5.74) is 2.81. The highest BCUT2D eigenvalue weighted by Crippen LogP contribution is 2.34. The maximum Gasteiger partial charge on any atom is 0.255 e. The standard InChI is InChI=1S/C21H21N3O4/c25-13-16(10-14-4-2-1-3-5-14)23-21(26)17-12-22-24-20(17)15-6-7-18-19(11-15)28-9-8-27-18/h1-7,11-12,16,25H,8-10,13H2,(H,22,24)(H,23,26). The van der Waals surface area contributed by atoms with Crippen molar-refractivity contribution in [1.29, 1.82) is 0 Å². The molecule has 1 aliphatic rings. The highest BCUT2D eigenvalue weighted by Gasteiger charge is 2.20. The number of rotatable bonds is 6. The topological polar surface area (TPSA) is 96.5 Å². The second-order valence-electron chi connectivity index (χ2n) is 6.56. The number of aromatic amines is 1. The third-order valence-corrected chi connectivity index (χ3v) is 4.60. The van der Waals surface area contributed by atoms with E-state index in [9.17, 15) is 9.90 Å². The van der Waals surface area contributed by atoms with Crippen molar-refractivity contribution in [3.05, 3.63) is 65.9 Å².